The molecule has 0 spiro atoms. The lowest BCUT2D eigenvalue weighted by molar-refractivity contribution is 0.567. The second kappa shape index (κ2) is 4.90. The van der Waals surface area contributed by atoms with Crippen molar-refractivity contribution in [3.05, 3.63) is 39.7 Å². The first kappa shape index (κ1) is 13.1. The lowest BCUT2D eigenvalue weighted by Crippen LogP contribution is -2.11. The number of thiophene rings is 1. The molecule has 2 N–H and O–H groups in total. The van der Waals surface area contributed by atoms with Gasteiger partial charge in [-0.1, -0.05) is 0 Å². The third-order valence-electron chi connectivity index (χ3n) is 3.43. The molecule has 0 fully saturated rings. The van der Waals surface area contributed by atoms with Crippen LogP contribution >= 0.6 is 11.3 Å². The topological polar surface area (TPSA) is 56.7 Å². The molecule has 0 aromatic carbocycles. The van der Waals surface area contributed by atoms with Crippen LogP contribution in [0, 0.1) is 13.8 Å². The van der Waals surface area contributed by atoms with Crippen molar-refractivity contribution >= 4 is 28.4 Å². The zero-order valence-electron chi connectivity index (χ0n) is 11.9. The zero-order chi connectivity index (χ0) is 14.3. The summed E-state index contributed by atoms with van der Waals surface area (Å²) in [4.78, 5) is 11.6. The molecule has 3 aromatic heterocycles. The molecule has 3 aromatic rings. The van der Waals surface area contributed by atoms with Gasteiger partial charge in [-0.05, 0) is 44.5 Å². The van der Waals surface area contributed by atoms with Gasteiger partial charge in [0.25, 0.3) is 0 Å². The van der Waals surface area contributed by atoms with Crippen molar-refractivity contribution in [1.82, 2.24) is 14.5 Å². The van der Waals surface area contributed by atoms with Gasteiger partial charge < -0.3 is 5.73 Å². The van der Waals surface area contributed by atoms with Crippen LogP contribution in [0.3, 0.4) is 0 Å². The summed E-state index contributed by atoms with van der Waals surface area (Å²) in [6.07, 6.45) is 2.81. The third kappa shape index (κ3) is 2.29. The first-order valence-electron chi connectivity index (χ1n) is 6.70. The number of nitrogens with zero attached hydrogens (tertiary/aromatic N) is 3. The van der Waals surface area contributed by atoms with E-state index in [4.69, 9.17) is 5.73 Å². The van der Waals surface area contributed by atoms with Crippen LogP contribution in [-0.4, -0.2) is 14.5 Å². The van der Waals surface area contributed by atoms with Crippen molar-refractivity contribution in [3.63, 3.8) is 0 Å². The monoisotopic (exact) mass is 286 g/mol. The number of hydrogen-bond donors (Lipinski definition) is 1. The normalized spacial score (nSPS) is 12.9. The molecule has 4 nitrogen and oxygen atoms in total. The predicted molar refractivity (Wildman–Crippen MR) is 84.1 cm³/mol. The van der Waals surface area contributed by atoms with Crippen molar-refractivity contribution in [2.24, 2.45) is 0 Å². The highest BCUT2D eigenvalue weighted by atomic mass is 32.1. The summed E-state index contributed by atoms with van der Waals surface area (Å²) in [6.45, 7) is 6.30. The van der Waals surface area contributed by atoms with E-state index in [1.54, 1.807) is 0 Å². The van der Waals surface area contributed by atoms with Crippen LogP contribution in [0.15, 0.2) is 24.4 Å². The lowest BCUT2D eigenvalue weighted by Gasteiger charge is -2.14. The van der Waals surface area contributed by atoms with E-state index >= 15 is 0 Å². The summed E-state index contributed by atoms with van der Waals surface area (Å²) in [5.74, 6) is 0.541. The van der Waals surface area contributed by atoms with Gasteiger partial charge in [0.1, 0.15) is 5.52 Å². The van der Waals surface area contributed by atoms with E-state index in [1.807, 2.05) is 35.1 Å². The standard InChI is InChI=1S/C15H18N4S/c1-9-6-13-14(17-8-9)19(15(16)18-13)10(2)7-12-5-4-11(3)20-12/h4-6,8,10H,7H2,1-3H3,(H2,16,18). The Kier molecular flexibility index (Phi) is 3.22. The van der Waals surface area contributed by atoms with Crippen LogP contribution in [0.2, 0.25) is 0 Å². The molecule has 0 aliphatic carbocycles. The van der Waals surface area contributed by atoms with Gasteiger partial charge in [0.2, 0.25) is 5.95 Å². The largest absolute Gasteiger partial charge is 0.369 e. The number of pyridine rings is 1. The van der Waals surface area contributed by atoms with E-state index in [1.165, 1.54) is 9.75 Å². The van der Waals surface area contributed by atoms with Crippen molar-refractivity contribution in [2.45, 2.75) is 33.2 Å². The SMILES string of the molecule is Cc1cnc2c(c1)nc(N)n2C(C)Cc1ccc(C)s1. The Balaban J connectivity index is 1.98. The number of rotatable bonds is 3. The first-order chi connectivity index (χ1) is 9.54. The Morgan fingerprint density at radius 2 is 2.15 bits per heavy atom. The Morgan fingerprint density at radius 1 is 1.35 bits per heavy atom. The smallest absolute Gasteiger partial charge is 0.202 e. The maximum atomic E-state index is 6.08. The fraction of sp³-hybridized carbons (Fsp3) is 0.333. The minimum atomic E-state index is 0.244. The molecule has 0 aliphatic heterocycles. The fourth-order valence-electron chi connectivity index (χ4n) is 2.51. The highest BCUT2D eigenvalue weighted by molar-refractivity contribution is 7.11. The van der Waals surface area contributed by atoms with Crippen LogP contribution in [0.4, 0.5) is 5.95 Å². The van der Waals surface area contributed by atoms with Gasteiger partial charge in [-0.25, -0.2) is 9.97 Å². The van der Waals surface area contributed by atoms with E-state index < -0.39 is 0 Å². The van der Waals surface area contributed by atoms with E-state index in [0.717, 1.165) is 23.1 Å². The van der Waals surface area contributed by atoms with Crippen LogP contribution < -0.4 is 5.73 Å². The summed E-state index contributed by atoms with van der Waals surface area (Å²) in [6, 6.07) is 6.61. The summed E-state index contributed by atoms with van der Waals surface area (Å²) in [7, 11) is 0. The molecular formula is C15H18N4S. The van der Waals surface area contributed by atoms with Crippen LogP contribution in [0.25, 0.3) is 11.2 Å². The van der Waals surface area contributed by atoms with Gasteiger partial charge >= 0.3 is 0 Å². The Labute approximate surface area is 122 Å². The minimum Gasteiger partial charge on any atom is -0.369 e. The third-order valence-corrected chi connectivity index (χ3v) is 4.45. The van der Waals surface area contributed by atoms with Gasteiger partial charge in [0.15, 0.2) is 5.65 Å². The Hall–Kier alpha value is -1.88. The number of nitrogen functional groups attached to an aromatic ring is 1. The number of aryl methyl sites for hydroxylation is 2. The van der Waals surface area contributed by atoms with Gasteiger partial charge in [0, 0.05) is 28.4 Å². The number of nitrogens with two attached hydrogens (primary N) is 1. The molecule has 0 amide bonds. The molecule has 0 aliphatic rings. The van der Waals surface area contributed by atoms with Gasteiger partial charge in [-0.3, -0.25) is 4.57 Å². The molecule has 1 atom stereocenters. The molecule has 3 rings (SSSR count). The predicted octanol–water partition coefficient (Wildman–Crippen LogP) is 3.50. The maximum absolute atomic E-state index is 6.08. The minimum absolute atomic E-state index is 0.244. The average Bonchev–Trinajstić information content (AvgIpc) is 2.91. The van der Waals surface area contributed by atoms with E-state index in [0.29, 0.717) is 5.95 Å². The number of fused-ring (bicyclic) bond motifs is 1. The van der Waals surface area contributed by atoms with Gasteiger partial charge in [-0.2, -0.15) is 0 Å². The van der Waals surface area contributed by atoms with Crippen LogP contribution in [-0.2, 0) is 6.42 Å². The highest BCUT2D eigenvalue weighted by Crippen LogP contribution is 2.26. The summed E-state index contributed by atoms with van der Waals surface area (Å²) < 4.78 is 2.03. The molecule has 3 heterocycles. The Morgan fingerprint density at radius 3 is 2.85 bits per heavy atom. The Bertz CT molecular complexity index is 756. The number of imidazole rings is 1. The van der Waals surface area contributed by atoms with Crippen molar-refractivity contribution in [3.8, 4) is 0 Å². The molecule has 0 radical (unpaired) electrons. The maximum Gasteiger partial charge on any atom is 0.202 e. The molecule has 0 bridgehead atoms. The molecule has 20 heavy (non-hydrogen) atoms. The van der Waals surface area contributed by atoms with Crippen molar-refractivity contribution in [1.29, 1.82) is 0 Å². The van der Waals surface area contributed by atoms with Gasteiger partial charge in [0.05, 0.1) is 0 Å². The number of anilines is 1. The molecule has 5 heteroatoms. The van der Waals surface area contributed by atoms with E-state index in [-0.39, 0.29) is 6.04 Å². The fourth-order valence-corrected chi connectivity index (χ4v) is 3.52. The zero-order valence-corrected chi connectivity index (χ0v) is 12.7. The van der Waals surface area contributed by atoms with Crippen molar-refractivity contribution < 1.29 is 0 Å². The second-order valence-corrected chi connectivity index (χ2v) is 6.63. The lowest BCUT2D eigenvalue weighted by atomic mass is 10.2. The molecule has 0 saturated heterocycles. The second-order valence-electron chi connectivity index (χ2n) is 5.26. The molecule has 0 saturated carbocycles. The molecule has 1 unspecified atom stereocenters. The molecule has 104 valence electrons. The quantitative estimate of drug-likeness (QED) is 0.801. The average molecular weight is 286 g/mol. The van der Waals surface area contributed by atoms with Gasteiger partial charge in [-0.15, -0.1) is 11.3 Å². The number of hydrogen-bond acceptors (Lipinski definition) is 4. The summed E-state index contributed by atoms with van der Waals surface area (Å²) in [5.41, 5.74) is 8.92. The van der Waals surface area contributed by atoms with Crippen molar-refractivity contribution in [2.75, 3.05) is 5.73 Å². The molecular weight excluding hydrogens is 268 g/mol. The van der Waals surface area contributed by atoms with Crippen LogP contribution in [0.1, 0.15) is 28.3 Å². The number of aromatic nitrogens is 3. The highest BCUT2D eigenvalue weighted by Gasteiger charge is 2.16. The summed E-state index contributed by atoms with van der Waals surface area (Å²) in [5, 5.41) is 0. The summed E-state index contributed by atoms with van der Waals surface area (Å²) >= 11 is 1.83. The van der Waals surface area contributed by atoms with Crippen LogP contribution in [0.5, 0.6) is 0 Å². The van der Waals surface area contributed by atoms with E-state index in [2.05, 4.69) is 35.9 Å². The first-order valence-corrected chi connectivity index (χ1v) is 7.51. The van der Waals surface area contributed by atoms with E-state index in [9.17, 15) is 0 Å².